The molecule has 1 unspecified atom stereocenters. The van der Waals surface area contributed by atoms with E-state index in [9.17, 15) is 8.42 Å². The number of sulfonamides is 1. The first-order valence-electron chi connectivity index (χ1n) is 6.40. The number of unbranched alkanes of at least 4 members (excludes halogenated alkanes) is 2. The smallest absolute Gasteiger partial charge is 0.212 e. The first-order valence-corrected chi connectivity index (χ1v) is 8.55. The monoisotopic (exact) mass is 283 g/mol. The summed E-state index contributed by atoms with van der Waals surface area (Å²) in [5.41, 5.74) is 0. The van der Waals surface area contributed by atoms with Crippen molar-refractivity contribution in [3.8, 4) is 0 Å². The lowest BCUT2D eigenvalue weighted by atomic mass is 10.2. The Hall–Kier alpha value is 0.200. The van der Waals surface area contributed by atoms with E-state index in [1.165, 1.54) is 0 Å². The number of nitrogens with zero attached hydrogens (tertiary/aromatic N) is 1. The van der Waals surface area contributed by atoms with Gasteiger partial charge in [-0.25, -0.2) is 8.42 Å². The Morgan fingerprint density at radius 2 is 1.76 bits per heavy atom. The molecule has 1 atom stereocenters. The molecule has 0 amide bonds. The largest absolute Gasteiger partial charge is 0.214 e. The first kappa shape index (κ1) is 17.2. The minimum atomic E-state index is -3.16. The van der Waals surface area contributed by atoms with Crippen LogP contribution in [0.1, 0.15) is 47.0 Å². The van der Waals surface area contributed by atoms with Crippen LogP contribution in [0.4, 0.5) is 0 Å². The number of alkyl halides is 1. The Balaban J connectivity index is 4.56. The third-order valence-corrected chi connectivity index (χ3v) is 5.51. The maximum atomic E-state index is 12.2. The summed E-state index contributed by atoms with van der Waals surface area (Å²) in [7, 11) is -3.16. The van der Waals surface area contributed by atoms with Crippen molar-refractivity contribution in [3.05, 3.63) is 0 Å². The van der Waals surface area contributed by atoms with Crippen molar-refractivity contribution < 1.29 is 8.42 Å². The number of hydrogen-bond acceptors (Lipinski definition) is 2. The van der Waals surface area contributed by atoms with Gasteiger partial charge in [-0.2, -0.15) is 4.31 Å². The molecule has 0 fully saturated rings. The Bertz CT molecular complexity index is 291. The van der Waals surface area contributed by atoms with E-state index >= 15 is 0 Å². The summed E-state index contributed by atoms with van der Waals surface area (Å²) >= 11 is 5.69. The molecule has 17 heavy (non-hydrogen) atoms. The standard InChI is InChI=1S/C12H26ClNO2S/c1-5-6-7-8-14(11(2)3)17(15,16)10-12(4)9-13/h11-12H,5-10H2,1-4H3. The molecule has 0 N–H and O–H groups in total. The zero-order valence-electron chi connectivity index (χ0n) is 11.4. The summed E-state index contributed by atoms with van der Waals surface area (Å²) < 4.78 is 26.0. The van der Waals surface area contributed by atoms with Crippen molar-refractivity contribution in [2.75, 3.05) is 18.2 Å². The molecular weight excluding hydrogens is 258 g/mol. The molecule has 0 radical (unpaired) electrons. The van der Waals surface area contributed by atoms with Crippen molar-refractivity contribution in [2.45, 2.75) is 53.0 Å². The van der Waals surface area contributed by atoms with Crippen LogP contribution in [0.25, 0.3) is 0 Å². The molecule has 0 aromatic carbocycles. The highest BCUT2D eigenvalue weighted by atomic mass is 35.5. The number of hydrogen-bond donors (Lipinski definition) is 0. The number of halogens is 1. The van der Waals surface area contributed by atoms with Crippen LogP contribution >= 0.6 is 11.6 Å². The third kappa shape index (κ3) is 6.63. The Kier molecular flexibility index (Phi) is 8.43. The van der Waals surface area contributed by atoms with Crippen LogP contribution in [0.3, 0.4) is 0 Å². The second kappa shape index (κ2) is 8.33. The van der Waals surface area contributed by atoms with E-state index in [2.05, 4.69) is 6.92 Å². The average molecular weight is 284 g/mol. The van der Waals surface area contributed by atoms with Crippen LogP contribution in [0.5, 0.6) is 0 Å². The quantitative estimate of drug-likeness (QED) is 0.482. The van der Waals surface area contributed by atoms with Crippen molar-refractivity contribution in [2.24, 2.45) is 5.92 Å². The lowest BCUT2D eigenvalue weighted by Crippen LogP contribution is -2.40. The Morgan fingerprint density at radius 1 is 1.18 bits per heavy atom. The van der Waals surface area contributed by atoms with Crippen LogP contribution in [0.2, 0.25) is 0 Å². The van der Waals surface area contributed by atoms with Gasteiger partial charge in [0, 0.05) is 18.5 Å². The van der Waals surface area contributed by atoms with Gasteiger partial charge < -0.3 is 0 Å². The van der Waals surface area contributed by atoms with E-state index in [1.807, 2.05) is 20.8 Å². The highest BCUT2D eigenvalue weighted by molar-refractivity contribution is 7.89. The third-order valence-electron chi connectivity index (χ3n) is 2.67. The predicted octanol–water partition coefficient (Wildman–Crippen LogP) is 3.09. The maximum absolute atomic E-state index is 12.2. The van der Waals surface area contributed by atoms with Crippen molar-refractivity contribution in [3.63, 3.8) is 0 Å². The van der Waals surface area contributed by atoms with E-state index in [1.54, 1.807) is 4.31 Å². The maximum Gasteiger partial charge on any atom is 0.214 e. The SMILES string of the molecule is CCCCCN(C(C)C)S(=O)(=O)CC(C)CCl. The van der Waals surface area contributed by atoms with Gasteiger partial charge in [-0.15, -0.1) is 11.6 Å². The van der Waals surface area contributed by atoms with Gasteiger partial charge >= 0.3 is 0 Å². The fourth-order valence-corrected chi connectivity index (χ4v) is 4.05. The zero-order valence-corrected chi connectivity index (χ0v) is 13.0. The van der Waals surface area contributed by atoms with Gasteiger partial charge in [-0.3, -0.25) is 0 Å². The summed E-state index contributed by atoms with van der Waals surface area (Å²) in [4.78, 5) is 0. The molecule has 5 heteroatoms. The topological polar surface area (TPSA) is 37.4 Å². The van der Waals surface area contributed by atoms with Gasteiger partial charge in [-0.05, 0) is 26.2 Å². The van der Waals surface area contributed by atoms with Crippen molar-refractivity contribution in [1.82, 2.24) is 4.31 Å². The lowest BCUT2D eigenvalue weighted by molar-refractivity contribution is 0.343. The molecule has 0 saturated carbocycles. The summed E-state index contributed by atoms with van der Waals surface area (Å²) in [5.74, 6) is 0.551. The van der Waals surface area contributed by atoms with Gasteiger partial charge in [-0.1, -0.05) is 26.7 Å². The highest BCUT2D eigenvalue weighted by Gasteiger charge is 2.25. The molecule has 0 saturated heterocycles. The van der Waals surface area contributed by atoms with Crippen molar-refractivity contribution in [1.29, 1.82) is 0 Å². The second-order valence-corrected chi connectivity index (χ2v) is 7.22. The molecule has 0 aromatic rings. The van der Waals surface area contributed by atoms with Crippen molar-refractivity contribution >= 4 is 21.6 Å². The summed E-state index contributed by atoms with van der Waals surface area (Å²) in [6.45, 7) is 8.46. The molecular formula is C12H26ClNO2S. The van der Waals surface area contributed by atoms with E-state index in [-0.39, 0.29) is 17.7 Å². The Morgan fingerprint density at radius 3 is 2.18 bits per heavy atom. The van der Waals surface area contributed by atoms with Crippen LogP contribution in [-0.4, -0.2) is 36.9 Å². The summed E-state index contributed by atoms with van der Waals surface area (Å²) in [6, 6.07) is 0.0272. The second-order valence-electron chi connectivity index (χ2n) is 4.95. The molecule has 104 valence electrons. The van der Waals surface area contributed by atoms with Crippen LogP contribution in [0, 0.1) is 5.92 Å². The Labute approximate surface area is 112 Å². The van der Waals surface area contributed by atoms with Gasteiger partial charge in [0.05, 0.1) is 5.75 Å². The fourth-order valence-electron chi connectivity index (χ4n) is 1.74. The molecule has 0 aromatic heterocycles. The summed E-state index contributed by atoms with van der Waals surface area (Å²) in [6.07, 6.45) is 3.11. The zero-order chi connectivity index (χ0) is 13.5. The highest BCUT2D eigenvalue weighted by Crippen LogP contribution is 2.14. The minimum absolute atomic E-state index is 0.00842. The van der Waals surface area contributed by atoms with Gasteiger partial charge in [0.1, 0.15) is 0 Å². The first-order chi connectivity index (χ1) is 7.85. The van der Waals surface area contributed by atoms with E-state index in [0.29, 0.717) is 12.4 Å². The van der Waals surface area contributed by atoms with Gasteiger partial charge in [0.15, 0.2) is 0 Å². The molecule has 0 rings (SSSR count). The van der Waals surface area contributed by atoms with E-state index < -0.39 is 10.0 Å². The van der Waals surface area contributed by atoms with Gasteiger partial charge in [0.25, 0.3) is 0 Å². The molecule has 0 aliphatic rings. The molecule has 0 bridgehead atoms. The van der Waals surface area contributed by atoms with E-state index in [0.717, 1.165) is 19.3 Å². The number of rotatable bonds is 9. The fraction of sp³-hybridized carbons (Fsp3) is 1.00. The molecule has 0 spiro atoms. The van der Waals surface area contributed by atoms with Crippen LogP contribution < -0.4 is 0 Å². The lowest BCUT2D eigenvalue weighted by Gasteiger charge is -2.27. The normalized spacial score (nSPS) is 14.5. The molecule has 0 aliphatic heterocycles. The van der Waals surface area contributed by atoms with Crippen LogP contribution in [0.15, 0.2) is 0 Å². The van der Waals surface area contributed by atoms with E-state index in [4.69, 9.17) is 11.6 Å². The average Bonchev–Trinajstić information content (AvgIpc) is 2.22. The van der Waals surface area contributed by atoms with Crippen LogP contribution in [-0.2, 0) is 10.0 Å². The predicted molar refractivity (Wildman–Crippen MR) is 75.0 cm³/mol. The molecule has 0 aliphatic carbocycles. The molecule has 0 heterocycles. The summed E-state index contributed by atoms with van der Waals surface area (Å²) in [5, 5.41) is 0. The molecule has 3 nitrogen and oxygen atoms in total. The van der Waals surface area contributed by atoms with Gasteiger partial charge in [0.2, 0.25) is 10.0 Å². The minimum Gasteiger partial charge on any atom is -0.212 e.